The molecule has 0 fully saturated rings. The van der Waals surface area contributed by atoms with Crippen LogP contribution in [0, 0.1) is 0 Å². The lowest BCUT2D eigenvalue weighted by molar-refractivity contribution is 0.531. The van der Waals surface area contributed by atoms with Gasteiger partial charge in [0.05, 0.1) is 0 Å². The van der Waals surface area contributed by atoms with Crippen LogP contribution in [0.1, 0.15) is 110 Å². The molecule has 0 radical (unpaired) electrons. The monoisotopic (exact) mass is 448 g/mol. The maximum Gasteiger partial charge on any atom is 0.116 e. The summed E-state index contributed by atoms with van der Waals surface area (Å²) in [6, 6.07) is 19.9. The molecular weight excluding hydrogens is 400 g/mol. The zero-order valence-corrected chi connectivity index (χ0v) is 22.1. The highest BCUT2D eigenvalue weighted by Gasteiger charge is 2.40. The van der Waals surface area contributed by atoms with Crippen molar-refractivity contribution in [3.8, 4) is 11.1 Å². The number of hydrogen-bond donors (Lipinski definition) is 0. The molecule has 32 heavy (non-hydrogen) atoms. The van der Waals surface area contributed by atoms with Gasteiger partial charge >= 0.3 is 0 Å². The molecule has 0 saturated heterocycles. The van der Waals surface area contributed by atoms with Gasteiger partial charge in [-0.05, 0) is 27.5 Å². The maximum absolute atomic E-state index is 2.61. The molecular formula is C31H48Si. The molecule has 0 amide bonds. The molecule has 0 N–H and O–H groups in total. The third-order valence-electron chi connectivity index (χ3n) is 7.86. The zero-order valence-electron chi connectivity index (χ0n) is 21.1. The van der Waals surface area contributed by atoms with Crippen LogP contribution in [0.5, 0.6) is 0 Å². The van der Waals surface area contributed by atoms with Gasteiger partial charge in [0, 0.05) is 0 Å². The molecule has 1 heterocycles. The standard InChI is InChI=1S/C31H48Si/c1-3-4-5-6-7-8-9-10-11-12-13-14-15-16-17-22-27-32(2)30-25-20-18-23-28(30)29-24-19-21-26-31(29)32/h18-21,23-26H,3-17,22,27H2,1-2H3. The van der Waals surface area contributed by atoms with Crippen LogP contribution < -0.4 is 10.4 Å². The first-order valence-corrected chi connectivity index (χ1v) is 16.7. The maximum atomic E-state index is 2.61. The van der Waals surface area contributed by atoms with Crippen LogP contribution in [0.2, 0.25) is 12.6 Å². The van der Waals surface area contributed by atoms with Gasteiger partial charge in [-0.2, -0.15) is 0 Å². The first kappa shape index (κ1) is 25.3. The van der Waals surface area contributed by atoms with Crippen molar-refractivity contribution in [2.75, 3.05) is 0 Å². The first-order chi connectivity index (χ1) is 15.8. The molecule has 0 aromatic heterocycles. The molecule has 3 rings (SSSR count). The Morgan fingerprint density at radius 2 is 0.812 bits per heavy atom. The Balaban J connectivity index is 1.23. The quantitative estimate of drug-likeness (QED) is 0.167. The SMILES string of the molecule is CCCCCCCCCCCCCCCCCC[Si]1(C)c2ccccc2-c2ccccc21. The largest absolute Gasteiger partial charge is 0.116 e. The van der Waals surface area contributed by atoms with Crippen molar-refractivity contribution in [2.45, 2.75) is 122 Å². The molecule has 1 aliphatic heterocycles. The summed E-state index contributed by atoms with van der Waals surface area (Å²) in [4.78, 5) is 0. The smallest absolute Gasteiger partial charge is 0.0654 e. The predicted octanol–water partition coefficient (Wildman–Crippen LogP) is 9.12. The minimum atomic E-state index is -1.53. The van der Waals surface area contributed by atoms with Crippen LogP contribution in [0.4, 0.5) is 0 Å². The van der Waals surface area contributed by atoms with E-state index in [4.69, 9.17) is 0 Å². The lowest BCUT2D eigenvalue weighted by Gasteiger charge is -2.25. The summed E-state index contributed by atoms with van der Waals surface area (Å²) in [5, 5.41) is 3.37. The van der Waals surface area contributed by atoms with Gasteiger partial charge in [-0.25, -0.2) is 0 Å². The Bertz CT molecular complexity index is 732. The van der Waals surface area contributed by atoms with Gasteiger partial charge in [0.2, 0.25) is 0 Å². The fraction of sp³-hybridized carbons (Fsp3) is 0.613. The molecule has 0 unspecified atom stereocenters. The molecule has 0 saturated carbocycles. The average molecular weight is 449 g/mol. The molecule has 1 aliphatic rings. The number of hydrogen-bond acceptors (Lipinski definition) is 0. The highest BCUT2D eigenvalue weighted by atomic mass is 28.3. The van der Waals surface area contributed by atoms with E-state index in [1.54, 1.807) is 10.4 Å². The highest BCUT2D eigenvalue weighted by molar-refractivity contribution is 7.04. The Morgan fingerprint density at radius 1 is 0.469 bits per heavy atom. The summed E-state index contributed by atoms with van der Waals surface area (Å²) >= 11 is 0. The van der Waals surface area contributed by atoms with Crippen molar-refractivity contribution in [1.82, 2.24) is 0 Å². The van der Waals surface area contributed by atoms with Crippen LogP contribution in [-0.2, 0) is 0 Å². The zero-order chi connectivity index (χ0) is 22.5. The normalized spacial score (nSPS) is 13.8. The number of rotatable bonds is 17. The Labute approximate surface area is 200 Å². The molecule has 1 heteroatoms. The minimum Gasteiger partial charge on any atom is -0.0654 e. The molecule has 2 aromatic rings. The van der Waals surface area contributed by atoms with Crippen molar-refractivity contribution in [2.24, 2.45) is 0 Å². The molecule has 0 spiro atoms. The van der Waals surface area contributed by atoms with Crippen molar-refractivity contribution in [3.63, 3.8) is 0 Å². The van der Waals surface area contributed by atoms with E-state index >= 15 is 0 Å². The highest BCUT2D eigenvalue weighted by Crippen LogP contribution is 2.31. The second kappa shape index (κ2) is 14.0. The third-order valence-corrected chi connectivity index (χ3v) is 12.5. The molecule has 0 atom stereocenters. The summed E-state index contributed by atoms with van der Waals surface area (Å²) in [5.41, 5.74) is 3.04. The van der Waals surface area contributed by atoms with Crippen LogP contribution >= 0.6 is 0 Å². The Kier molecular flexibility index (Phi) is 11.1. The van der Waals surface area contributed by atoms with E-state index in [9.17, 15) is 0 Å². The summed E-state index contributed by atoms with van der Waals surface area (Å²) in [7, 11) is -1.53. The molecule has 2 aromatic carbocycles. The molecule has 0 aliphatic carbocycles. The number of unbranched alkanes of at least 4 members (excludes halogenated alkanes) is 15. The summed E-state index contributed by atoms with van der Waals surface area (Å²) in [6.45, 7) is 4.92. The van der Waals surface area contributed by atoms with Gasteiger partial charge in [0.25, 0.3) is 0 Å². The lowest BCUT2D eigenvalue weighted by atomic mass is 10.0. The fourth-order valence-electron chi connectivity index (χ4n) is 5.84. The van der Waals surface area contributed by atoms with E-state index in [-0.39, 0.29) is 0 Å². The van der Waals surface area contributed by atoms with Gasteiger partial charge in [-0.15, -0.1) is 0 Å². The van der Waals surface area contributed by atoms with Crippen molar-refractivity contribution >= 4 is 18.4 Å². The Hall–Kier alpha value is -1.34. The number of fused-ring (bicyclic) bond motifs is 3. The Morgan fingerprint density at radius 3 is 1.22 bits per heavy atom. The third kappa shape index (κ3) is 7.08. The second-order valence-corrected chi connectivity index (χ2v) is 14.7. The van der Waals surface area contributed by atoms with Gasteiger partial charge in [-0.3, -0.25) is 0 Å². The van der Waals surface area contributed by atoms with Crippen molar-refractivity contribution in [1.29, 1.82) is 0 Å². The summed E-state index contributed by atoms with van der Waals surface area (Å²) in [6.07, 6.45) is 23.2. The van der Waals surface area contributed by atoms with E-state index in [1.807, 2.05) is 0 Å². The lowest BCUT2D eigenvalue weighted by Crippen LogP contribution is -2.52. The van der Waals surface area contributed by atoms with Crippen LogP contribution in [-0.4, -0.2) is 8.07 Å². The van der Waals surface area contributed by atoms with Crippen molar-refractivity contribution < 1.29 is 0 Å². The molecule has 176 valence electrons. The van der Waals surface area contributed by atoms with Gasteiger partial charge in [0.15, 0.2) is 0 Å². The average Bonchev–Trinajstić information content (AvgIpc) is 3.08. The van der Waals surface area contributed by atoms with Crippen LogP contribution in [0.15, 0.2) is 48.5 Å². The van der Waals surface area contributed by atoms with E-state index < -0.39 is 8.07 Å². The summed E-state index contributed by atoms with van der Waals surface area (Å²) < 4.78 is 0. The van der Waals surface area contributed by atoms with E-state index in [1.165, 1.54) is 120 Å². The second-order valence-electron chi connectivity index (χ2n) is 10.5. The predicted molar refractivity (Wildman–Crippen MR) is 147 cm³/mol. The first-order valence-electron chi connectivity index (χ1n) is 14.0. The van der Waals surface area contributed by atoms with Gasteiger partial charge < -0.3 is 0 Å². The molecule has 0 bridgehead atoms. The van der Waals surface area contributed by atoms with E-state index in [0.717, 1.165) is 0 Å². The van der Waals surface area contributed by atoms with E-state index in [2.05, 4.69) is 62.0 Å². The van der Waals surface area contributed by atoms with Crippen LogP contribution in [0.3, 0.4) is 0 Å². The van der Waals surface area contributed by atoms with Gasteiger partial charge in [0.1, 0.15) is 8.07 Å². The molecule has 0 nitrogen and oxygen atoms in total. The fourth-order valence-corrected chi connectivity index (χ4v) is 10.2. The summed E-state index contributed by atoms with van der Waals surface area (Å²) in [5.74, 6) is 0. The minimum absolute atomic E-state index is 1.37. The topological polar surface area (TPSA) is 0 Å². The van der Waals surface area contributed by atoms with E-state index in [0.29, 0.717) is 0 Å². The number of benzene rings is 2. The van der Waals surface area contributed by atoms with Gasteiger partial charge in [-0.1, -0.05) is 165 Å². The van der Waals surface area contributed by atoms with Crippen molar-refractivity contribution in [3.05, 3.63) is 48.5 Å². The van der Waals surface area contributed by atoms with Crippen LogP contribution in [0.25, 0.3) is 11.1 Å².